The Labute approximate surface area is 289 Å². The highest BCUT2D eigenvalue weighted by Gasteiger charge is 2.52. The average molecular weight is 670 g/mol. The fourth-order valence-electron chi connectivity index (χ4n) is 10.5. The van der Waals surface area contributed by atoms with E-state index in [0.29, 0.717) is 55.2 Å². The molecule has 3 fully saturated rings. The number of carboxylic acid groups (broad SMARTS) is 3. The number of carboxylic acids is 3. The van der Waals surface area contributed by atoms with E-state index in [2.05, 4.69) is 119 Å². The van der Waals surface area contributed by atoms with Crippen molar-refractivity contribution in [3.63, 3.8) is 0 Å². The number of hydrogen-bond acceptors (Lipinski definition) is 6. The molecule has 0 radical (unpaired) electrons. The van der Waals surface area contributed by atoms with Crippen molar-refractivity contribution in [3.8, 4) is 0 Å². The number of carbonyl (C=O) groups is 3. The van der Waals surface area contributed by atoms with E-state index in [4.69, 9.17) is 0 Å². The van der Waals surface area contributed by atoms with Gasteiger partial charge in [-0.15, -0.1) is 0 Å². The minimum Gasteiger partial charge on any atom is -0.478 e. The molecule has 4 rings (SSSR count). The molecule has 270 valence electrons. The normalized spacial score (nSPS) is 26.3. The molecule has 9 heteroatoms. The summed E-state index contributed by atoms with van der Waals surface area (Å²) in [5, 5.41) is 33.7. The summed E-state index contributed by atoms with van der Waals surface area (Å²) < 4.78 is 0. The van der Waals surface area contributed by atoms with E-state index in [1.165, 1.54) is 0 Å². The summed E-state index contributed by atoms with van der Waals surface area (Å²) in [5.74, 6) is -4.94. The van der Waals surface area contributed by atoms with Crippen molar-refractivity contribution < 1.29 is 29.7 Å². The van der Waals surface area contributed by atoms with Crippen LogP contribution in [0.1, 0.15) is 187 Å². The van der Waals surface area contributed by atoms with Crippen LogP contribution >= 0.6 is 0 Å². The van der Waals surface area contributed by atoms with Crippen LogP contribution in [-0.2, 0) is 0 Å². The van der Waals surface area contributed by atoms with Gasteiger partial charge in [0.1, 0.15) is 0 Å². The summed E-state index contributed by atoms with van der Waals surface area (Å²) in [6.07, 6.45) is 3.30. The zero-order valence-corrected chi connectivity index (χ0v) is 32.4. The van der Waals surface area contributed by atoms with Crippen LogP contribution in [0, 0.1) is 0 Å². The zero-order chi connectivity index (χ0) is 36.9. The highest BCUT2D eigenvalue weighted by Crippen LogP contribution is 2.55. The van der Waals surface area contributed by atoms with Gasteiger partial charge >= 0.3 is 17.9 Å². The van der Waals surface area contributed by atoms with E-state index in [9.17, 15) is 29.7 Å². The number of nitrogens with zero attached hydrogens (tertiary/aromatic N) is 3. The van der Waals surface area contributed by atoms with Crippen molar-refractivity contribution in [1.29, 1.82) is 0 Å². The van der Waals surface area contributed by atoms with Crippen molar-refractivity contribution in [3.05, 3.63) is 33.4 Å². The molecule has 3 aliphatic rings. The molecule has 1 aromatic rings. The fraction of sp³-hybridized carbons (Fsp3) is 0.769. The predicted molar refractivity (Wildman–Crippen MR) is 191 cm³/mol. The van der Waals surface area contributed by atoms with Crippen LogP contribution in [0.2, 0.25) is 0 Å². The Balaban J connectivity index is 2.25. The lowest BCUT2D eigenvalue weighted by Crippen LogP contribution is -2.59. The maximum Gasteiger partial charge on any atom is 0.336 e. The highest BCUT2D eigenvalue weighted by atomic mass is 16.4. The van der Waals surface area contributed by atoms with Crippen LogP contribution in [0.5, 0.6) is 0 Å². The Morgan fingerprint density at radius 2 is 0.562 bits per heavy atom. The van der Waals surface area contributed by atoms with E-state index in [1.807, 2.05) is 0 Å². The number of likely N-dealkylation sites (tertiary alicyclic amines) is 3. The molecule has 0 atom stereocenters. The number of rotatable bonds is 6. The fourth-order valence-corrected chi connectivity index (χ4v) is 10.5. The molecule has 3 aliphatic heterocycles. The second-order valence-corrected chi connectivity index (χ2v) is 19.1. The third kappa shape index (κ3) is 6.32. The molecule has 1 aromatic carbocycles. The molecule has 3 N–H and O–H groups in total. The topological polar surface area (TPSA) is 122 Å². The van der Waals surface area contributed by atoms with Crippen LogP contribution in [0.4, 0.5) is 0 Å². The molecular formula is C39H63N3O6. The second kappa shape index (κ2) is 11.8. The Morgan fingerprint density at radius 3 is 0.688 bits per heavy atom. The van der Waals surface area contributed by atoms with Crippen molar-refractivity contribution >= 4 is 17.9 Å². The predicted octanol–water partition coefficient (Wildman–Crippen LogP) is 7.88. The number of hydrogen-bond donors (Lipinski definition) is 3. The summed E-state index contributed by atoms with van der Waals surface area (Å²) in [5.41, 5.74) is -1.49. The molecule has 9 nitrogen and oxygen atoms in total. The molecule has 0 unspecified atom stereocenters. The zero-order valence-electron chi connectivity index (χ0n) is 32.4. The van der Waals surface area contributed by atoms with Crippen LogP contribution in [0.25, 0.3) is 0 Å². The lowest BCUT2D eigenvalue weighted by atomic mass is 9.62. The number of benzene rings is 1. The maximum absolute atomic E-state index is 13.8. The van der Waals surface area contributed by atoms with E-state index in [0.717, 1.165) is 0 Å². The summed E-state index contributed by atoms with van der Waals surface area (Å²) >= 11 is 0. The Bertz CT molecular complexity index is 1250. The van der Waals surface area contributed by atoms with E-state index in [1.54, 1.807) is 0 Å². The standard InChI is InChI=1S/C39H63N3O6/c1-34(2)16-22(17-35(3,4)40(34)13)25-28(31(43)44)26(23-18-36(5,6)41(14)37(7,8)19-23)30(33(47)48)27(29(25)32(45)46)24-20-38(9,10)42(15)39(11,12)21-24/h22-24H,16-21H2,1-15H3,(H,43,44)(H,45,46)(H,47,48). The van der Waals surface area contributed by atoms with Crippen molar-refractivity contribution in [2.24, 2.45) is 0 Å². The van der Waals surface area contributed by atoms with Gasteiger partial charge in [0.25, 0.3) is 0 Å². The molecule has 0 aliphatic carbocycles. The third-order valence-electron chi connectivity index (χ3n) is 13.4. The lowest BCUT2D eigenvalue weighted by Gasteiger charge is -2.56. The SMILES string of the molecule is CN1C(C)(C)CC(c2c(C(=O)O)c(C3CC(C)(C)N(C)C(C)(C)C3)c(C(=O)O)c(C3CC(C)(C)N(C)C(C)(C)C3)c2C(=O)O)CC1(C)C. The van der Waals surface area contributed by atoms with Gasteiger partial charge in [-0.2, -0.15) is 0 Å². The first-order valence-corrected chi connectivity index (χ1v) is 17.7. The van der Waals surface area contributed by atoms with E-state index >= 15 is 0 Å². The Morgan fingerprint density at radius 1 is 0.417 bits per heavy atom. The van der Waals surface area contributed by atoms with Gasteiger partial charge in [0.05, 0.1) is 16.7 Å². The summed E-state index contributed by atoms with van der Waals surface area (Å²) in [4.78, 5) is 48.2. The molecule has 0 aromatic heterocycles. The average Bonchev–Trinajstić information content (AvgIpc) is 2.90. The lowest BCUT2D eigenvalue weighted by molar-refractivity contribution is -0.0156. The Kier molecular flexibility index (Phi) is 9.42. The molecule has 0 saturated carbocycles. The van der Waals surface area contributed by atoms with Gasteiger partial charge in [0.15, 0.2) is 0 Å². The molecule has 0 bridgehead atoms. The summed E-state index contributed by atoms with van der Waals surface area (Å²) in [7, 11) is 6.21. The first kappa shape index (κ1) is 38.3. The van der Waals surface area contributed by atoms with Gasteiger partial charge in [-0.05, 0) is 177 Å². The molecule has 0 spiro atoms. The first-order chi connectivity index (χ1) is 21.5. The van der Waals surface area contributed by atoms with Gasteiger partial charge in [0, 0.05) is 33.2 Å². The van der Waals surface area contributed by atoms with Gasteiger partial charge in [-0.1, -0.05) is 0 Å². The van der Waals surface area contributed by atoms with Crippen molar-refractivity contribution in [2.45, 2.75) is 173 Å². The highest BCUT2D eigenvalue weighted by molar-refractivity contribution is 6.06. The van der Waals surface area contributed by atoms with Gasteiger partial charge < -0.3 is 15.3 Å². The minimum absolute atomic E-state index is 0.0951. The largest absolute Gasteiger partial charge is 0.478 e. The quantitative estimate of drug-likeness (QED) is 0.278. The summed E-state index contributed by atoms with van der Waals surface area (Å²) in [6, 6.07) is 0. The van der Waals surface area contributed by atoms with Crippen molar-refractivity contribution in [2.75, 3.05) is 21.1 Å². The van der Waals surface area contributed by atoms with Crippen LogP contribution in [0.3, 0.4) is 0 Å². The molecule has 3 heterocycles. The monoisotopic (exact) mass is 669 g/mol. The molecular weight excluding hydrogens is 606 g/mol. The van der Waals surface area contributed by atoms with Crippen LogP contribution < -0.4 is 0 Å². The van der Waals surface area contributed by atoms with Gasteiger partial charge in [-0.3, -0.25) is 14.7 Å². The summed E-state index contributed by atoms with van der Waals surface area (Å²) in [6.45, 7) is 25.5. The molecule has 48 heavy (non-hydrogen) atoms. The van der Waals surface area contributed by atoms with E-state index < -0.39 is 35.7 Å². The first-order valence-electron chi connectivity index (χ1n) is 17.7. The molecule has 0 amide bonds. The second-order valence-electron chi connectivity index (χ2n) is 19.1. The molecule has 3 saturated heterocycles. The van der Waals surface area contributed by atoms with Crippen molar-refractivity contribution in [1.82, 2.24) is 14.7 Å². The number of aromatic carboxylic acids is 3. The third-order valence-corrected chi connectivity index (χ3v) is 13.4. The maximum atomic E-state index is 13.8. The smallest absolute Gasteiger partial charge is 0.336 e. The van der Waals surface area contributed by atoms with Gasteiger partial charge in [-0.25, -0.2) is 14.4 Å². The minimum atomic E-state index is -1.25. The van der Waals surface area contributed by atoms with E-state index in [-0.39, 0.29) is 49.9 Å². The Hall–Kier alpha value is -2.49. The van der Waals surface area contributed by atoms with Gasteiger partial charge in [0.2, 0.25) is 0 Å². The van der Waals surface area contributed by atoms with Crippen LogP contribution in [0.15, 0.2) is 0 Å². The number of piperidine rings is 3. The van der Waals surface area contributed by atoms with Crippen LogP contribution in [-0.4, -0.2) is 102 Å².